The first-order chi connectivity index (χ1) is 12.5. The van der Waals surface area contributed by atoms with Crippen molar-refractivity contribution in [1.29, 1.82) is 0 Å². The molecular weight excluding hydrogens is 320 g/mol. The fourth-order valence-electron chi connectivity index (χ4n) is 3.89. The van der Waals surface area contributed by atoms with Gasteiger partial charge in [-0.15, -0.1) is 0 Å². The molecule has 4 rings (SSSR count). The van der Waals surface area contributed by atoms with Crippen molar-refractivity contribution >= 4 is 11.8 Å². The minimum atomic E-state index is 0.115. The van der Waals surface area contributed by atoms with E-state index in [-0.39, 0.29) is 5.41 Å². The van der Waals surface area contributed by atoms with Gasteiger partial charge in [0, 0.05) is 36.5 Å². The Kier molecular flexibility index (Phi) is 4.37. The summed E-state index contributed by atoms with van der Waals surface area (Å²) in [5.74, 6) is 2.48. The van der Waals surface area contributed by atoms with Gasteiger partial charge < -0.3 is 10.2 Å². The Bertz CT molecular complexity index is 794. The van der Waals surface area contributed by atoms with Gasteiger partial charge in [-0.25, -0.2) is 4.98 Å². The molecule has 0 amide bonds. The van der Waals surface area contributed by atoms with E-state index in [1.807, 2.05) is 0 Å². The molecule has 2 heterocycles. The van der Waals surface area contributed by atoms with Crippen LogP contribution in [0.1, 0.15) is 69.7 Å². The molecule has 1 fully saturated rings. The lowest BCUT2D eigenvalue weighted by Crippen LogP contribution is -2.42. The van der Waals surface area contributed by atoms with Crippen LogP contribution in [0.25, 0.3) is 0 Å². The lowest BCUT2D eigenvalue weighted by molar-refractivity contribution is 0.474. The fourth-order valence-corrected chi connectivity index (χ4v) is 3.89. The molecule has 2 aromatic rings. The molecule has 138 valence electrons. The van der Waals surface area contributed by atoms with E-state index in [0.29, 0.717) is 12.0 Å². The molecule has 1 aliphatic carbocycles. The van der Waals surface area contributed by atoms with Crippen molar-refractivity contribution in [3.63, 3.8) is 0 Å². The Labute approximate surface area is 157 Å². The molecule has 1 aromatic heterocycles. The molecule has 2 aliphatic rings. The van der Waals surface area contributed by atoms with Gasteiger partial charge in [-0.05, 0) is 37.3 Å². The second-order valence-electron chi connectivity index (χ2n) is 8.60. The van der Waals surface area contributed by atoms with Gasteiger partial charge >= 0.3 is 0 Å². The van der Waals surface area contributed by atoms with Crippen LogP contribution in [-0.2, 0) is 12.0 Å². The third kappa shape index (κ3) is 3.42. The highest BCUT2D eigenvalue weighted by Crippen LogP contribution is 2.41. The number of hydrogen-bond donors (Lipinski definition) is 1. The average Bonchev–Trinajstić information content (AvgIpc) is 3.46. The molecule has 26 heavy (non-hydrogen) atoms. The molecule has 0 unspecified atom stereocenters. The lowest BCUT2D eigenvalue weighted by Gasteiger charge is -2.40. The second-order valence-corrected chi connectivity index (χ2v) is 8.60. The summed E-state index contributed by atoms with van der Waals surface area (Å²) in [6.07, 6.45) is 3.58. The SMILES string of the molecule is CC[C@H](C)Nc1nc(C2CC2)cc(N2Cc3ccccc3C(C)(C)C2)n1. The quantitative estimate of drug-likeness (QED) is 0.836. The second kappa shape index (κ2) is 6.57. The molecule has 0 radical (unpaired) electrons. The zero-order chi connectivity index (χ0) is 18.3. The van der Waals surface area contributed by atoms with Crippen LogP contribution in [0.4, 0.5) is 11.8 Å². The van der Waals surface area contributed by atoms with Gasteiger partial charge in [0.25, 0.3) is 0 Å². The smallest absolute Gasteiger partial charge is 0.225 e. The number of aromatic nitrogens is 2. The molecule has 1 N–H and O–H groups in total. The van der Waals surface area contributed by atoms with Crippen molar-refractivity contribution in [1.82, 2.24) is 9.97 Å². The van der Waals surface area contributed by atoms with Crippen LogP contribution in [0.5, 0.6) is 0 Å². The third-order valence-corrected chi connectivity index (χ3v) is 5.73. The van der Waals surface area contributed by atoms with Crippen molar-refractivity contribution in [3.8, 4) is 0 Å². The first-order valence-electron chi connectivity index (χ1n) is 9.95. The average molecular weight is 351 g/mol. The van der Waals surface area contributed by atoms with E-state index >= 15 is 0 Å². The van der Waals surface area contributed by atoms with Crippen LogP contribution in [-0.4, -0.2) is 22.6 Å². The number of benzene rings is 1. The molecule has 1 atom stereocenters. The van der Waals surface area contributed by atoms with Crippen molar-refractivity contribution in [2.24, 2.45) is 0 Å². The summed E-state index contributed by atoms with van der Waals surface area (Å²) in [6.45, 7) is 10.9. The maximum absolute atomic E-state index is 4.90. The zero-order valence-corrected chi connectivity index (χ0v) is 16.4. The molecular formula is C22H30N4. The highest BCUT2D eigenvalue weighted by atomic mass is 15.2. The van der Waals surface area contributed by atoms with E-state index in [1.165, 1.54) is 29.7 Å². The Morgan fingerprint density at radius 2 is 2.00 bits per heavy atom. The lowest BCUT2D eigenvalue weighted by atomic mass is 9.78. The first kappa shape index (κ1) is 17.3. The maximum Gasteiger partial charge on any atom is 0.225 e. The van der Waals surface area contributed by atoms with Crippen LogP contribution < -0.4 is 10.2 Å². The fraction of sp³-hybridized carbons (Fsp3) is 0.545. The van der Waals surface area contributed by atoms with E-state index in [1.54, 1.807) is 0 Å². The highest BCUT2D eigenvalue weighted by Gasteiger charge is 2.33. The standard InChI is InChI=1S/C22H30N4/c1-5-15(2)23-21-24-19(16-10-11-16)12-20(25-21)26-13-17-8-6-7-9-18(17)22(3,4)14-26/h6-9,12,15-16H,5,10-11,13-14H2,1-4H3,(H,23,24,25)/t15-/m0/s1. The van der Waals surface area contributed by atoms with Gasteiger partial charge in [0.05, 0.1) is 5.69 Å². The van der Waals surface area contributed by atoms with Crippen LogP contribution in [0.15, 0.2) is 30.3 Å². The van der Waals surface area contributed by atoms with E-state index < -0.39 is 0 Å². The summed E-state index contributed by atoms with van der Waals surface area (Å²) in [7, 11) is 0. The summed E-state index contributed by atoms with van der Waals surface area (Å²) < 4.78 is 0. The number of hydrogen-bond acceptors (Lipinski definition) is 4. The minimum absolute atomic E-state index is 0.115. The van der Waals surface area contributed by atoms with Crippen LogP contribution in [0.3, 0.4) is 0 Å². The monoisotopic (exact) mass is 350 g/mol. The van der Waals surface area contributed by atoms with E-state index in [4.69, 9.17) is 9.97 Å². The van der Waals surface area contributed by atoms with Crippen molar-refractivity contribution in [2.75, 3.05) is 16.8 Å². The van der Waals surface area contributed by atoms with Gasteiger partial charge in [-0.3, -0.25) is 0 Å². The van der Waals surface area contributed by atoms with Crippen LogP contribution in [0.2, 0.25) is 0 Å². The molecule has 1 aliphatic heterocycles. The van der Waals surface area contributed by atoms with Gasteiger partial charge in [0.1, 0.15) is 5.82 Å². The van der Waals surface area contributed by atoms with Crippen molar-refractivity contribution in [2.45, 2.75) is 70.9 Å². The summed E-state index contributed by atoms with van der Waals surface area (Å²) in [4.78, 5) is 12.1. The van der Waals surface area contributed by atoms with Gasteiger partial charge in [0.2, 0.25) is 5.95 Å². The maximum atomic E-state index is 4.90. The molecule has 1 aromatic carbocycles. The van der Waals surface area contributed by atoms with Crippen molar-refractivity contribution < 1.29 is 0 Å². The van der Waals surface area contributed by atoms with Crippen molar-refractivity contribution in [3.05, 3.63) is 47.2 Å². The molecule has 4 nitrogen and oxygen atoms in total. The van der Waals surface area contributed by atoms with Gasteiger partial charge in [-0.1, -0.05) is 45.0 Å². The topological polar surface area (TPSA) is 41.1 Å². The predicted octanol–water partition coefficient (Wildman–Crippen LogP) is 4.86. The highest BCUT2D eigenvalue weighted by molar-refractivity contribution is 5.51. The summed E-state index contributed by atoms with van der Waals surface area (Å²) in [6, 6.07) is 11.4. The molecule has 0 saturated heterocycles. The largest absolute Gasteiger partial charge is 0.352 e. The van der Waals surface area contributed by atoms with E-state index in [9.17, 15) is 0 Å². The zero-order valence-electron chi connectivity index (χ0n) is 16.4. The molecule has 0 spiro atoms. The summed E-state index contributed by atoms with van der Waals surface area (Å²) in [5.41, 5.74) is 4.19. The normalized spacial score (nSPS) is 19.8. The predicted molar refractivity (Wildman–Crippen MR) is 108 cm³/mol. The van der Waals surface area contributed by atoms with Gasteiger partial charge in [-0.2, -0.15) is 4.98 Å². The summed E-state index contributed by atoms with van der Waals surface area (Å²) in [5, 5.41) is 3.49. The summed E-state index contributed by atoms with van der Waals surface area (Å²) >= 11 is 0. The molecule has 0 bridgehead atoms. The number of fused-ring (bicyclic) bond motifs is 1. The number of nitrogens with one attached hydrogen (secondary N) is 1. The Balaban J connectivity index is 1.69. The number of anilines is 2. The Morgan fingerprint density at radius 3 is 2.73 bits per heavy atom. The van der Waals surface area contributed by atoms with E-state index in [2.05, 4.69) is 68.2 Å². The third-order valence-electron chi connectivity index (χ3n) is 5.73. The number of rotatable bonds is 5. The molecule has 4 heteroatoms. The van der Waals surface area contributed by atoms with Crippen LogP contribution >= 0.6 is 0 Å². The minimum Gasteiger partial charge on any atom is -0.352 e. The molecule has 1 saturated carbocycles. The van der Waals surface area contributed by atoms with E-state index in [0.717, 1.165) is 31.3 Å². The Morgan fingerprint density at radius 1 is 1.23 bits per heavy atom. The number of nitrogens with zero attached hydrogens (tertiary/aromatic N) is 3. The van der Waals surface area contributed by atoms with Crippen LogP contribution in [0, 0.1) is 0 Å². The van der Waals surface area contributed by atoms with Gasteiger partial charge in [0.15, 0.2) is 0 Å². The Hall–Kier alpha value is -2.10. The first-order valence-corrected chi connectivity index (χ1v) is 9.95.